The van der Waals surface area contributed by atoms with E-state index in [0.717, 1.165) is 18.2 Å². The summed E-state index contributed by atoms with van der Waals surface area (Å²) in [6.45, 7) is 0. The van der Waals surface area contributed by atoms with Gasteiger partial charge in [-0.2, -0.15) is 0 Å². The van der Waals surface area contributed by atoms with Gasteiger partial charge in [-0.05, 0) is 25.0 Å². The first-order valence-electron chi connectivity index (χ1n) is 4.20. The lowest BCUT2D eigenvalue weighted by molar-refractivity contribution is -0.386. The van der Waals surface area contributed by atoms with E-state index in [2.05, 4.69) is 0 Å². The fourth-order valence-electron chi connectivity index (χ4n) is 1.43. The molecule has 0 aromatic heterocycles. The summed E-state index contributed by atoms with van der Waals surface area (Å²) in [4.78, 5) is 9.97. The molecule has 0 atom stereocenters. The van der Waals surface area contributed by atoms with Crippen molar-refractivity contribution in [3.05, 3.63) is 39.7 Å². The van der Waals surface area contributed by atoms with Crippen LogP contribution in [0.15, 0.2) is 18.2 Å². The lowest BCUT2D eigenvalue weighted by Gasteiger charge is -2.08. The summed E-state index contributed by atoms with van der Waals surface area (Å²) in [5.74, 6) is -0.564. The second-order valence-electron chi connectivity index (χ2n) is 3.45. The first-order chi connectivity index (χ1) is 6.53. The fourth-order valence-corrected chi connectivity index (χ4v) is 1.43. The molecule has 0 saturated heterocycles. The minimum Gasteiger partial charge on any atom is -0.385 e. The van der Waals surface area contributed by atoms with E-state index in [9.17, 15) is 19.6 Å². The van der Waals surface area contributed by atoms with Crippen molar-refractivity contribution in [1.29, 1.82) is 0 Å². The number of benzene rings is 1. The molecule has 0 heterocycles. The van der Waals surface area contributed by atoms with Crippen LogP contribution in [0.4, 0.5) is 10.1 Å². The molecule has 5 heteroatoms. The van der Waals surface area contributed by atoms with Gasteiger partial charge in [0.05, 0.1) is 16.1 Å². The van der Waals surface area contributed by atoms with Crippen molar-refractivity contribution in [2.75, 3.05) is 0 Å². The van der Waals surface area contributed by atoms with Crippen molar-refractivity contribution in [2.24, 2.45) is 0 Å². The van der Waals surface area contributed by atoms with Gasteiger partial charge in [-0.3, -0.25) is 10.1 Å². The molecule has 14 heavy (non-hydrogen) atoms. The van der Waals surface area contributed by atoms with Crippen LogP contribution < -0.4 is 0 Å². The van der Waals surface area contributed by atoms with Gasteiger partial charge >= 0.3 is 0 Å². The average Bonchev–Trinajstić information content (AvgIpc) is 2.84. The zero-order valence-corrected chi connectivity index (χ0v) is 7.24. The Morgan fingerprint density at radius 2 is 2.14 bits per heavy atom. The summed E-state index contributed by atoms with van der Waals surface area (Å²) in [5, 5.41) is 20.3. The van der Waals surface area contributed by atoms with E-state index in [1.54, 1.807) is 0 Å². The molecule has 0 spiro atoms. The lowest BCUT2D eigenvalue weighted by atomic mass is 10.1. The Morgan fingerprint density at radius 1 is 1.50 bits per heavy atom. The Kier molecular flexibility index (Phi) is 1.78. The van der Waals surface area contributed by atoms with Gasteiger partial charge in [0.25, 0.3) is 5.69 Å². The van der Waals surface area contributed by atoms with Crippen LogP contribution in [0.1, 0.15) is 18.4 Å². The Balaban J connectivity index is 2.54. The highest BCUT2D eigenvalue weighted by Gasteiger charge is 2.46. The van der Waals surface area contributed by atoms with Crippen LogP contribution in [0.3, 0.4) is 0 Å². The predicted molar refractivity (Wildman–Crippen MR) is 46.2 cm³/mol. The topological polar surface area (TPSA) is 63.4 Å². The third kappa shape index (κ3) is 1.35. The molecule has 1 aliphatic carbocycles. The van der Waals surface area contributed by atoms with Crippen LogP contribution in [-0.4, -0.2) is 10.0 Å². The van der Waals surface area contributed by atoms with E-state index in [-0.39, 0.29) is 11.3 Å². The standard InChI is InChI=1S/C9H8FNO3/c10-6-1-2-8(11(13)14)7(5-6)9(12)3-4-9/h1-2,5,12H,3-4H2. The summed E-state index contributed by atoms with van der Waals surface area (Å²) < 4.78 is 12.8. The van der Waals surface area contributed by atoms with Crippen LogP contribution >= 0.6 is 0 Å². The summed E-state index contributed by atoms with van der Waals surface area (Å²) in [7, 11) is 0. The van der Waals surface area contributed by atoms with Gasteiger partial charge in [-0.1, -0.05) is 0 Å². The maximum atomic E-state index is 12.8. The Bertz CT molecular complexity index is 401. The van der Waals surface area contributed by atoms with E-state index in [1.807, 2.05) is 0 Å². The van der Waals surface area contributed by atoms with E-state index < -0.39 is 16.3 Å². The van der Waals surface area contributed by atoms with Crippen molar-refractivity contribution < 1.29 is 14.4 Å². The zero-order valence-electron chi connectivity index (χ0n) is 7.24. The van der Waals surface area contributed by atoms with E-state index in [0.29, 0.717) is 12.8 Å². The highest BCUT2D eigenvalue weighted by atomic mass is 19.1. The molecule has 1 aromatic carbocycles. The highest BCUT2D eigenvalue weighted by molar-refractivity contribution is 5.46. The largest absolute Gasteiger partial charge is 0.385 e. The number of nitrogens with zero attached hydrogens (tertiary/aromatic N) is 1. The normalized spacial score (nSPS) is 17.9. The highest BCUT2D eigenvalue weighted by Crippen LogP contribution is 2.48. The van der Waals surface area contributed by atoms with Crippen molar-refractivity contribution in [2.45, 2.75) is 18.4 Å². The van der Waals surface area contributed by atoms with E-state index in [1.165, 1.54) is 0 Å². The van der Waals surface area contributed by atoms with Gasteiger partial charge in [-0.25, -0.2) is 4.39 Å². The third-order valence-corrected chi connectivity index (χ3v) is 2.38. The Hall–Kier alpha value is -1.49. The molecule has 1 aromatic rings. The van der Waals surface area contributed by atoms with Crippen LogP contribution in [-0.2, 0) is 5.60 Å². The molecule has 1 N–H and O–H groups in total. The summed E-state index contributed by atoms with van der Waals surface area (Å²) >= 11 is 0. The van der Waals surface area contributed by atoms with Gasteiger partial charge in [0.1, 0.15) is 5.82 Å². The van der Waals surface area contributed by atoms with Gasteiger partial charge in [0, 0.05) is 6.07 Å². The fraction of sp³-hybridized carbons (Fsp3) is 0.333. The van der Waals surface area contributed by atoms with Crippen molar-refractivity contribution >= 4 is 5.69 Å². The minimum absolute atomic E-state index is 0.0856. The number of hydrogen-bond donors (Lipinski definition) is 1. The smallest absolute Gasteiger partial charge is 0.275 e. The quantitative estimate of drug-likeness (QED) is 0.579. The van der Waals surface area contributed by atoms with Crippen LogP contribution in [0.2, 0.25) is 0 Å². The first-order valence-corrected chi connectivity index (χ1v) is 4.20. The molecule has 1 aliphatic rings. The van der Waals surface area contributed by atoms with Gasteiger partial charge < -0.3 is 5.11 Å². The lowest BCUT2D eigenvalue weighted by Crippen LogP contribution is -2.08. The van der Waals surface area contributed by atoms with E-state index >= 15 is 0 Å². The summed E-state index contributed by atoms with van der Waals surface area (Å²) in [5.41, 5.74) is -1.31. The number of rotatable bonds is 2. The minimum atomic E-state index is -1.18. The van der Waals surface area contributed by atoms with Gasteiger partial charge in [0.15, 0.2) is 0 Å². The molecule has 1 fully saturated rings. The summed E-state index contributed by atoms with van der Waals surface area (Å²) in [6.07, 6.45) is 0.911. The molecular weight excluding hydrogens is 189 g/mol. The van der Waals surface area contributed by atoms with Crippen LogP contribution in [0, 0.1) is 15.9 Å². The monoisotopic (exact) mass is 197 g/mol. The number of nitro benzene ring substituents is 1. The van der Waals surface area contributed by atoms with E-state index in [4.69, 9.17) is 0 Å². The maximum Gasteiger partial charge on any atom is 0.275 e. The molecular formula is C9H8FNO3. The number of nitro groups is 1. The average molecular weight is 197 g/mol. The molecule has 0 unspecified atom stereocenters. The molecule has 0 aliphatic heterocycles. The molecule has 0 bridgehead atoms. The zero-order chi connectivity index (χ0) is 10.3. The predicted octanol–water partition coefficient (Wildman–Crippen LogP) is 1.72. The summed E-state index contributed by atoms with van der Waals surface area (Å²) in [6, 6.07) is 3.14. The third-order valence-electron chi connectivity index (χ3n) is 2.38. The van der Waals surface area contributed by atoms with Crippen molar-refractivity contribution in [1.82, 2.24) is 0 Å². The molecule has 0 radical (unpaired) electrons. The first kappa shape index (κ1) is 9.08. The van der Waals surface area contributed by atoms with Gasteiger partial charge in [-0.15, -0.1) is 0 Å². The molecule has 1 saturated carbocycles. The van der Waals surface area contributed by atoms with Crippen LogP contribution in [0.25, 0.3) is 0 Å². The van der Waals surface area contributed by atoms with Crippen molar-refractivity contribution in [3.8, 4) is 0 Å². The van der Waals surface area contributed by atoms with Gasteiger partial charge in [0.2, 0.25) is 0 Å². The molecule has 0 amide bonds. The SMILES string of the molecule is O=[N+]([O-])c1ccc(F)cc1C1(O)CC1. The number of aliphatic hydroxyl groups is 1. The molecule has 74 valence electrons. The molecule has 2 rings (SSSR count). The number of hydrogen-bond acceptors (Lipinski definition) is 3. The second kappa shape index (κ2) is 2.75. The van der Waals surface area contributed by atoms with Crippen LogP contribution in [0.5, 0.6) is 0 Å². The Labute approximate surface area is 79.1 Å². The maximum absolute atomic E-state index is 12.8. The second-order valence-corrected chi connectivity index (χ2v) is 3.45. The van der Waals surface area contributed by atoms with Crippen molar-refractivity contribution in [3.63, 3.8) is 0 Å². The number of halogens is 1. The Morgan fingerprint density at radius 3 is 2.64 bits per heavy atom. The molecule has 4 nitrogen and oxygen atoms in total.